The zero-order valence-corrected chi connectivity index (χ0v) is 11.7. The van der Waals surface area contributed by atoms with Crippen molar-refractivity contribution in [1.29, 1.82) is 0 Å². The maximum absolute atomic E-state index is 3.54. The molecule has 0 spiro atoms. The minimum atomic E-state index is 0.355. The van der Waals surface area contributed by atoms with Gasteiger partial charge < -0.3 is 10.2 Å². The van der Waals surface area contributed by atoms with Crippen molar-refractivity contribution < 1.29 is 0 Å². The molecule has 0 aliphatic heterocycles. The zero-order chi connectivity index (χ0) is 12.1. The second-order valence-corrected chi connectivity index (χ2v) is 6.20. The van der Waals surface area contributed by atoms with Crippen molar-refractivity contribution >= 4 is 0 Å². The molecule has 0 aliphatic carbocycles. The average molecular weight is 214 g/mol. The highest BCUT2D eigenvalue weighted by atomic mass is 15.1. The van der Waals surface area contributed by atoms with Crippen molar-refractivity contribution in [1.82, 2.24) is 10.2 Å². The van der Waals surface area contributed by atoms with Gasteiger partial charge >= 0.3 is 0 Å². The topological polar surface area (TPSA) is 15.3 Å². The van der Waals surface area contributed by atoms with E-state index in [1.165, 1.54) is 0 Å². The SMILES string of the molecule is CC(C)CNCC(C)(C)CN(C)C(C)C. The molecule has 15 heavy (non-hydrogen) atoms. The van der Waals surface area contributed by atoms with Gasteiger partial charge in [-0.05, 0) is 38.8 Å². The first-order valence-electron chi connectivity index (χ1n) is 6.15. The Kier molecular flexibility index (Phi) is 6.46. The zero-order valence-electron chi connectivity index (χ0n) is 11.7. The van der Waals surface area contributed by atoms with E-state index in [9.17, 15) is 0 Å². The second kappa shape index (κ2) is 6.49. The maximum Gasteiger partial charge on any atom is 0.00445 e. The van der Waals surface area contributed by atoms with Crippen LogP contribution in [0, 0.1) is 11.3 Å². The van der Waals surface area contributed by atoms with Gasteiger partial charge in [0.2, 0.25) is 0 Å². The van der Waals surface area contributed by atoms with Crippen molar-refractivity contribution in [3.8, 4) is 0 Å². The van der Waals surface area contributed by atoms with Crippen molar-refractivity contribution in [3.05, 3.63) is 0 Å². The van der Waals surface area contributed by atoms with E-state index in [0.29, 0.717) is 11.5 Å². The van der Waals surface area contributed by atoms with Gasteiger partial charge in [-0.25, -0.2) is 0 Å². The van der Waals surface area contributed by atoms with Gasteiger partial charge in [-0.3, -0.25) is 0 Å². The van der Waals surface area contributed by atoms with E-state index in [-0.39, 0.29) is 0 Å². The first kappa shape index (κ1) is 14.9. The summed E-state index contributed by atoms with van der Waals surface area (Å²) < 4.78 is 0. The van der Waals surface area contributed by atoms with E-state index in [2.05, 4.69) is 58.8 Å². The van der Waals surface area contributed by atoms with Gasteiger partial charge in [0.25, 0.3) is 0 Å². The van der Waals surface area contributed by atoms with Crippen LogP contribution in [0.5, 0.6) is 0 Å². The number of nitrogens with zero attached hydrogens (tertiary/aromatic N) is 1. The smallest absolute Gasteiger partial charge is 0.00445 e. The summed E-state index contributed by atoms with van der Waals surface area (Å²) in [5.74, 6) is 0.739. The minimum Gasteiger partial charge on any atom is -0.316 e. The Morgan fingerprint density at radius 2 is 1.67 bits per heavy atom. The molecule has 0 rings (SSSR count). The van der Waals surface area contributed by atoms with Crippen LogP contribution >= 0.6 is 0 Å². The average Bonchev–Trinajstić information content (AvgIpc) is 2.01. The summed E-state index contributed by atoms with van der Waals surface area (Å²) in [5.41, 5.74) is 0.355. The summed E-state index contributed by atoms with van der Waals surface area (Å²) in [6.45, 7) is 17.0. The van der Waals surface area contributed by atoms with E-state index >= 15 is 0 Å². The standard InChI is InChI=1S/C13H30N2/c1-11(2)8-14-9-13(5,6)10-15(7)12(3)4/h11-12,14H,8-10H2,1-7H3. The summed E-state index contributed by atoms with van der Waals surface area (Å²) in [6, 6.07) is 0.634. The van der Waals surface area contributed by atoms with Gasteiger partial charge in [0, 0.05) is 19.1 Å². The Labute approximate surface area is 96.4 Å². The van der Waals surface area contributed by atoms with Crippen LogP contribution in [0.15, 0.2) is 0 Å². The van der Waals surface area contributed by atoms with Crippen molar-refractivity contribution in [3.63, 3.8) is 0 Å². The highest BCUT2D eigenvalue weighted by Gasteiger charge is 2.20. The van der Waals surface area contributed by atoms with E-state index < -0.39 is 0 Å². The lowest BCUT2D eigenvalue weighted by atomic mass is 9.92. The van der Waals surface area contributed by atoms with Crippen LogP contribution in [-0.4, -0.2) is 37.6 Å². The van der Waals surface area contributed by atoms with Gasteiger partial charge in [-0.15, -0.1) is 0 Å². The summed E-state index contributed by atoms with van der Waals surface area (Å²) in [4.78, 5) is 2.41. The Morgan fingerprint density at radius 1 is 1.13 bits per heavy atom. The summed E-state index contributed by atoms with van der Waals surface area (Å²) in [5, 5.41) is 3.54. The molecule has 0 saturated heterocycles. The third-order valence-corrected chi connectivity index (χ3v) is 2.72. The predicted octanol–water partition coefficient (Wildman–Crippen LogP) is 2.60. The molecule has 0 fully saturated rings. The van der Waals surface area contributed by atoms with Gasteiger partial charge in [0.05, 0.1) is 0 Å². The van der Waals surface area contributed by atoms with Crippen LogP contribution < -0.4 is 5.32 Å². The summed E-state index contributed by atoms with van der Waals surface area (Å²) in [7, 11) is 2.20. The van der Waals surface area contributed by atoms with E-state index in [1.54, 1.807) is 0 Å². The molecule has 0 aliphatic rings. The molecule has 0 bridgehead atoms. The third-order valence-electron chi connectivity index (χ3n) is 2.72. The Balaban J connectivity index is 3.85. The fourth-order valence-corrected chi connectivity index (χ4v) is 1.61. The minimum absolute atomic E-state index is 0.355. The quantitative estimate of drug-likeness (QED) is 0.701. The molecule has 2 nitrogen and oxygen atoms in total. The molecule has 2 heteroatoms. The number of rotatable bonds is 7. The molecule has 0 saturated carbocycles. The monoisotopic (exact) mass is 214 g/mol. The number of hydrogen-bond donors (Lipinski definition) is 1. The predicted molar refractivity (Wildman–Crippen MR) is 69.3 cm³/mol. The third kappa shape index (κ3) is 7.80. The first-order valence-corrected chi connectivity index (χ1v) is 6.15. The summed E-state index contributed by atoms with van der Waals surface area (Å²) in [6.07, 6.45) is 0. The fraction of sp³-hybridized carbons (Fsp3) is 1.00. The first-order chi connectivity index (χ1) is 6.74. The maximum atomic E-state index is 3.54. The Bertz CT molecular complexity index is 162. The number of hydrogen-bond acceptors (Lipinski definition) is 2. The molecule has 0 heterocycles. The van der Waals surface area contributed by atoms with Gasteiger partial charge in [0.1, 0.15) is 0 Å². The van der Waals surface area contributed by atoms with Crippen LogP contribution in [0.25, 0.3) is 0 Å². The lowest BCUT2D eigenvalue weighted by Crippen LogP contribution is -2.42. The van der Waals surface area contributed by atoms with Crippen LogP contribution in [-0.2, 0) is 0 Å². The van der Waals surface area contributed by atoms with Crippen LogP contribution in [0.1, 0.15) is 41.5 Å². The van der Waals surface area contributed by atoms with E-state index in [4.69, 9.17) is 0 Å². The molecule has 0 radical (unpaired) electrons. The van der Waals surface area contributed by atoms with Crippen LogP contribution in [0.4, 0.5) is 0 Å². The summed E-state index contributed by atoms with van der Waals surface area (Å²) >= 11 is 0. The van der Waals surface area contributed by atoms with Crippen molar-refractivity contribution in [2.24, 2.45) is 11.3 Å². The fourth-order valence-electron chi connectivity index (χ4n) is 1.61. The molecule has 0 unspecified atom stereocenters. The molecule has 0 atom stereocenters. The highest BCUT2D eigenvalue weighted by Crippen LogP contribution is 2.16. The highest BCUT2D eigenvalue weighted by molar-refractivity contribution is 4.76. The molecule has 0 aromatic heterocycles. The molecule has 1 N–H and O–H groups in total. The van der Waals surface area contributed by atoms with Gasteiger partial charge in [0.15, 0.2) is 0 Å². The molecule has 0 amide bonds. The van der Waals surface area contributed by atoms with Crippen molar-refractivity contribution in [2.75, 3.05) is 26.7 Å². The lowest BCUT2D eigenvalue weighted by Gasteiger charge is -2.33. The largest absolute Gasteiger partial charge is 0.316 e. The van der Waals surface area contributed by atoms with Crippen LogP contribution in [0.3, 0.4) is 0 Å². The van der Waals surface area contributed by atoms with Gasteiger partial charge in [-0.2, -0.15) is 0 Å². The molecular formula is C13H30N2. The molecule has 0 aromatic carbocycles. The van der Waals surface area contributed by atoms with Crippen molar-refractivity contribution in [2.45, 2.75) is 47.6 Å². The second-order valence-electron chi connectivity index (χ2n) is 6.20. The van der Waals surface area contributed by atoms with E-state index in [0.717, 1.165) is 25.6 Å². The Morgan fingerprint density at radius 3 is 2.07 bits per heavy atom. The van der Waals surface area contributed by atoms with Crippen LogP contribution in [0.2, 0.25) is 0 Å². The molecule has 0 aromatic rings. The van der Waals surface area contributed by atoms with Gasteiger partial charge in [-0.1, -0.05) is 27.7 Å². The molecular weight excluding hydrogens is 184 g/mol. The lowest BCUT2D eigenvalue weighted by molar-refractivity contribution is 0.172. The number of nitrogens with one attached hydrogen (secondary N) is 1. The molecule has 92 valence electrons. The van der Waals surface area contributed by atoms with E-state index in [1.807, 2.05) is 0 Å². The Hall–Kier alpha value is -0.0800. The normalized spacial score (nSPS) is 13.2.